The Morgan fingerprint density at radius 3 is 1.65 bits per heavy atom. The third-order valence-electron chi connectivity index (χ3n) is 4.67. The topological polar surface area (TPSA) is 54.4 Å². The van der Waals surface area contributed by atoms with E-state index >= 15 is 0 Å². The van der Waals surface area contributed by atoms with Crippen LogP contribution in [0.2, 0.25) is 0 Å². The fourth-order valence-electron chi connectivity index (χ4n) is 3.42. The molecule has 0 saturated heterocycles. The van der Waals surface area contributed by atoms with Gasteiger partial charge in [-0.05, 0) is 11.1 Å². The molecule has 0 bridgehead atoms. The maximum Gasteiger partial charge on any atom is 0.201 e. The molecule has 0 heterocycles. The smallest absolute Gasteiger partial charge is 0.201 e. The van der Waals surface area contributed by atoms with Crippen LogP contribution in [-0.2, 0) is 4.79 Å². The van der Waals surface area contributed by atoms with Gasteiger partial charge in [0.25, 0.3) is 0 Å². The molecule has 3 heteroatoms. The zero-order valence-corrected chi connectivity index (χ0v) is 13.9. The molecule has 0 spiro atoms. The van der Waals surface area contributed by atoms with E-state index in [0.29, 0.717) is 11.1 Å². The lowest BCUT2D eigenvalue weighted by Crippen LogP contribution is -2.20. The fraction of sp³-hybridized carbons (Fsp3) is 0.0435. The predicted molar refractivity (Wildman–Crippen MR) is 100 cm³/mol. The maximum atomic E-state index is 13.4. The van der Waals surface area contributed by atoms with E-state index in [-0.39, 0.29) is 17.1 Å². The second-order valence-corrected chi connectivity index (χ2v) is 6.22. The van der Waals surface area contributed by atoms with Crippen LogP contribution in [0.3, 0.4) is 0 Å². The van der Waals surface area contributed by atoms with E-state index in [9.17, 15) is 14.7 Å². The molecule has 0 unspecified atom stereocenters. The van der Waals surface area contributed by atoms with Gasteiger partial charge in [0.15, 0.2) is 5.78 Å². The van der Waals surface area contributed by atoms with Crippen molar-refractivity contribution in [3.05, 3.63) is 113 Å². The van der Waals surface area contributed by atoms with Crippen molar-refractivity contribution in [2.24, 2.45) is 0 Å². The first-order chi connectivity index (χ1) is 12.7. The van der Waals surface area contributed by atoms with Gasteiger partial charge in [-0.15, -0.1) is 0 Å². The zero-order chi connectivity index (χ0) is 18.1. The van der Waals surface area contributed by atoms with Crippen LogP contribution in [0.5, 0.6) is 0 Å². The number of fused-ring (bicyclic) bond motifs is 1. The summed E-state index contributed by atoms with van der Waals surface area (Å²) in [5.41, 5.74) is 2.22. The number of rotatable bonds is 4. The first-order valence-corrected chi connectivity index (χ1v) is 8.40. The van der Waals surface area contributed by atoms with Crippen molar-refractivity contribution in [1.29, 1.82) is 0 Å². The minimum Gasteiger partial charge on any atom is -0.506 e. The fourth-order valence-corrected chi connectivity index (χ4v) is 3.42. The van der Waals surface area contributed by atoms with Crippen molar-refractivity contribution in [3.8, 4) is 0 Å². The Morgan fingerprint density at radius 2 is 1.15 bits per heavy atom. The first-order valence-electron chi connectivity index (χ1n) is 8.40. The molecule has 0 fully saturated rings. The van der Waals surface area contributed by atoms with E-state index in [1.165, 1.54) is 0 Å². The summed E-state index contributed by atoms with van der Waals surface area (Å²) in [6, 6.07) is 25.4. The standard InChI is InChI=1S/C23H16O3/c24-21-17-13-7-8-14-18(17)22(25)20(21)23(26)19(15-9-3-1-4-10-15)16-11-5-2-6-12-16/h1-14,19,24H. The highest BCUT2D eigenvalue weighted by molar-refractivity contribution is 6.35. The van der Waals surface area contributed by atoms with Gasteiger partial charge < -0.3 is 5.11 Å². The molecule has 3 aromatic carbocycles. The van der Waals surface area contributed by atoms with Gasteiger partial charge in [0.05, 0.1) is 5.92 Å². The van der Waals surface area contributed by atoms with Crippen molar-refractivity contribution in [2.45, 2.75) is 5.92 Å². The van der Waals surface area contributed by atoms with Gasteiger partial charge in [-0.25, -0.2) is 0 Å². The van der Waals surface area contributed by atoms with Gasteiger partial charge >= 0.3 is 0 Å². The lowest BCUT2D eigenvalue weighted by molar-refractivity contribution is -0.115. The van der Waals surface area contributed by atoms with Crippen LogP contribution in [0.1, 0.15) is 33.0 Å². The van der Waals surface area contributed by atoms with Crippen LogP contribution < -0.4 is 0 Å². The van der Waals surface area contributed by atoms with Gasteiger partial charge in [0.1, 0.15) is 11.3 Å². The highest BCUT2D eigenvalue weighted by Crippen LogP contribution is 2.36. The zero-order valence-electron chi connectivity index (χ0n) is 13.9. The van der Waals surface area contributed by atoms with Gasteiger partial charge in [0.2, 0.25) is 5.78 Å². The van der Waals surface area contributed by atoms with E-state index in [1.54, 1.807) is 24.3 Å². The minimum atomic E-state index is -0.646. The van der Waals surface area contributed by atoms with E-state index in [4.69, 9.17) is 0 Å². The summed E-state index contributed by atoms with van der Waals surface area (Å²) in [5.74, 6) is -1.68. The van der Waals surface area contributed by atoms with Gasteiger partial charge in [0, 0.05) is 11.1 Å². The molecule has 0 saturated carbocycles. The van der Waals surface area contributed by atoms with Crippen molar-refractivity contribution >= 4 is 17.3 Å². The molecule has 1 aliphatic carbocycles. The Hall–Kier alpha value is -3.46. The Balaban J connectivity index is 1.85. The Labute approximate surface area is 151 Å². The maximum absolute atomic E-state index is 13.4. The van der Waals surface area contributed by atoms with Crippen LogP contribution in [0.15, 0.2) is 90.5 Å². The number of aliphatic hydroxyl groups is 1. The Bertz CT molecular complexity index is 978. The van der Waals surface area contributed by atoms with Crippen molar-refractivity contribution < 1.29 is 14.7 Å². The van der Waals surface area contributed by atoms with E-state index < -0.39 is 11.7 Å². The summed E-state index contributed by atoms with van der Waals surface area (Å²) in [5, 5.41) is 10.6. The summed E-state index contributed by atoms with van der Waals surface area (Å²) < 4.78 is 0. The molecule has 126 valence electrons. The van der Waals surface area contributed by atoms with Crippen LogP contribution >= 0.6 is 0 Å². The van der Waals surface area contributed by atoms with Crippen molar-refractivity contribution in [2.75, 3.05) is 0 Å². The first kappa shape index (κ1) is 16.0. The number of hydrogen-bond acceptors (Lipinski definition) is 3. The number of aliphatic hydroxyl groups excluding tert-OH is 1. The molecular weight excluding hydrogens is 324 g/mol. The Kier molecular flexibility index (Phi) is 3.98. The van der Waals surface area contributed by atoms with E-state index in [2.05, 4.69) is 0 Å². The summed E-state index contributed by atoms with van der Waals surface area (Å²) in [6.45, 7) is 0. The van der Waals surface area contributed by atoms with Crippen molar-refractivity contribution in [3.63, 3.8) is 0 Å². The molecule has 4 rings (SSSR count). The highest BCUT2D eigenvalue weighted by Gasteiger charge is 2.38. The molecule has 3 aromatic rings. The third-order valence-corrected chi connectivity index (χ3v) is 4.67. The summed E-state index contributed by atoms with van der Waals surface area (Å²) in [4.78, 5) is 26.2. The number of benzene rings is 3. The average Bonchev–Trinajstić information content (AvgIpc) is 2.95. The largest absolute Gasteiger partial charge is 0.506 e. The van der Waals surface area contributed by atoms with Crippen LogP contribution in [-0.4, -0.2) is 16.7 Å². The minimum absolute atomic E-state index is 0.135. The second kappa shape index (κ2) is 6.45. The molecule has 0 aromatic heterocycles. The molecule has 1 N–H and O–H groups in total. The normalized spacial score (nSPS) is 13.2. The molecule has 0 radical (unpaired) electrons. The van der Waals surface area contributed by atoms with Crippen LogP contribution in [0.4, 0.5) is 0 Å². The molecule has 3 nitrogen and oxygen atoms in total. The molecule has 0 amide bonds. The lowest BCUT2D eigenvalue weighted by Gasteiger charge is -2.17. The molecular formula is C23H16O3. The van der Waals surface area contributed by atoms with Crippen molar-refractivity contribution in [1.82, 2.24) is 0 Å². The second-order valence-electron chi connectivity index (χ2n) is 6.22. The van der Waals surface area contributed by atoms with Gasteiger partial charge in [-0.3, -0.25) is 9.59 Å². The molecule has 0 aliphatic heterocycles. The number of carbonyl (C=O) groups excluding carboxylic acids is 2. The lowest BCUT2D eigenvalue weighted by atomic mass is 9.84. The van der Waals surface area contributed by atoms with Crippen LogP contribution in [0, 0.1) is 0 Å². The summed E-state index contributed by atoms with van der Waals surface area (Å²) >= 11 is 0. The molecule has 26 heavy (non-hydrogen) atoms. The number of hydrogen-bond donors (Lipinski definition) is 1. The molecule has 1 aliphatic rings. The average molecular weight is 340 g/mol. The van der Waals surface area contributed by atoms with Gasteiger partial charge in [-0.2, -0.15) is 0 Å². The SMILES string of the molecule is O=C1C(C(=O)C(c2ccccc2)c2ccccc2)=C(O)c2ccccc21. The van der Waals surface area contributed by atoms with Gasteiger partial charge in [-0.1, -0.05) is 84.9 Å². The predicted octanol–water partition coefficient (Wildman–Crippen LogP) is 4.55. The summed E-state index contributed by atoms with van der Waals surface area (Å²) in [6.07, 6.45) is 0. The number of allylic oxidation sites excluding steroid dienone is 1. The monoisotopic (exact) mass is 340 g/mol. The van der Waals surface area contributed by atoms with E-state index in [0.717, 1.165) is 11.1 Å². The molecule has 0 atom stereocenters. The number of ketones is 2. The Morgan fingerprint density at radius 1 is 0.692 bits per heavy atom. The highest BCUT2D eigenvalue weighted by atomic mass is 16.3. The third kappa shape index (κ3) is 2.54. The van der Waals surface area contributed by atoms with Crippen LogP contribution in [0.25, 0.3) is 5.76 Å². The summed E-state index contributed by atoms with van der Waals surface area (Å²) in [7, 11) is 0. The number of carbonyl (C=O) groups is 2. The number of Topliss-reactive ketones (excluding diaryl/α,β-unsaturated/α-hetero) is 2. The quantitative estimate of drug-likeness (QED) is 0.709. The van der Waals surface area contributed by atoms with E-state index in [1.807, 2.05) is 60.7 Å².